The highest BCUT2D eigenvalue weighted by atomic mass is 19.4. The fourth-order valence-electron chi connectivity index (χ4n) is 3.74. The Labute approximate surface area is 206 Å². The molecule has 0 aliphatic rings. The molecule has 4 N–H and O–H groups in total. The van der Waals surface area contributed by atoms with Crippen molar-refractivity contribution in [3.8, 4) is 0 Å². The number of hydrogen-bond acceptors (Lipinski definition) is 5. The third kappa shape index (κ3) is 5.77. The summed E-state index contributed by atoms with van der Waals surface area (Å²) in [5.74, 6) is -0.350. The van der Waals surface area contributed by atoms with Gasteiger partial charge in [0.25, 0.3) is 5.91 Å². The number of carbonyl (C=O) groups excluding carboxylic acids is 1. The van der Waals surface area contributed by atoms with Crippen LogP contribution in [0.2, 0.25) is 0 Å². The molecule has 0 bridgehead atoms. The molecule has 0 radical (unpaired) electrons. The molecule has 0 atom stereocenters. The second-order valence-corrected chi connectivity index (χ2v) is 8.70. The smallest absolute Gasteiger partial charge is 0.382 e. The fourth-order valence-corrected chi connectivity index (χ4v) is 3.74. The Morgan fingerprint density at radius 1 is 1.08 bits per heavy atom. The topological polar surface area (TPSA) is 85.1 Å². The predicted octanol–water partition coefficient (Wildman–Crippen LogP) is 5.86. The number of aromatic nitrogens is 2. The van der Waals surface area contributed by atoms with E-state index in [1.165, 1.54) is 12.3 Å². The molecule has 7 nitrogen and oxygen atoms in total. The Morgan fingerprint density at radius 3 is 2.61 bits per heavy atom. The molecule has 0 spiro atoms. The molecule has 0 unspecified atom stereocenters. The molecule has 1 amide bonds. The van der Waals surface area contributed by atoms with Gasteiger partial charge in [0.1, 0.15) is 5.65 Å². The molecule has 2 aromatic heterocycles. The second-order valence-electron chi connectivity index (χ2n) is 8.70. The van der Waals surface area contributed by atoms with E-state index in [2.05, 4.69) is 25.9 Å². The van der Waals surface area contributed by atoms with Gasteiger partial charge in [-0.2, -0.15) is 13.2 Å². The number of benzene rings is 2. The van der Waals surface area contributed by atoms with E-state index >= 15 is 0 Å². The number of carbonyl (C=O) groups is 1. The lowest BCUT2D eigenvalue weighted by Crippen LogP contribution is -2.22. The van der Waals surface area contributed by atoms with E-state index in [0.29, 0.717) is 40.5 Å². The van der Waals surface area contributed by atoms with Crippen molar-refractivity contribution >= 4 is 39.7 Å². The molecule has 0 saturated heterocycles. The lowest BCUT2D eigenvalue weighted by Gasteiger charge is -2.17. The van der Waals surface area contributed by atoms with E-state index in [4.69, 9.17) is 0 Å². The number of pyridine rings is 1. The van der Waals surface area contributed by atoms with Gasteiger partial charge in [-0.05, 0) is 63.0 Å². The minimum absolute atomic E-state index is 0.292. The van der Waals surface area contributed by atoms with Crippen molar-refractivity contribution in [2.24, 2.45) is 0 Å². The number of nitrogens with zero attached hydrogens (tertiary/aromatic N) is 2. The summed E-state index contributed by atoms with van der Waals surface area (Å²) in [6.07, 6.45) is -1.15. The number of anilines is 4. The van der Waals surface area contributed by atoms with E-state index < -0.39 is 11.7 Å². The number of amides is 1. The Kier molecular flexibility index (Phi) is 7.16. The Morgan fingerprint density at radius 2 is 1.86 bits per heavy atom. The maximum absolute atomic E-state index is 13.3. The molecule has 2 aromatic carbocycles. The van der Waals surface area contributed by atoms with Crippen molar-refractivity contribution in [3.63, 3.8) is 0 Å². The average molecular weight is 497 g/mol. The fraction of sp³-hybridized carbons (Fsp3) is 0.231. The van der Waals surface area contributed by atoms with Crippen LogP contribution in [-0.4, -0.2) is 48.0 Å². The van der Waals surface area contributed by atoms with Crippen LogP contribution in [0.25, 0.3) is 11.0 Å². The van der Waals surface area contributed by atoms with Crippen LogP contribution < -0.4 is 16.0 Å². The van der Waals surface area contributed by atoms with Crippen LogP contribution in [0, 0.1) is 6.92 Å². The molecule has 4 aromatic rings. The van der Waals surface area contributed by atoms with Gasteiger partial charge in [0.2, 0.25) is 0 Å². The van der Waals surface area contributed by atoms with Crippen LogP contribution in [0.4, 0.5) is 35.9 Å². The van der Waals surface area contributed by atoms with E-state index in [0.717, 1.165) is 29.6 Å². The predicted molar refractivity (Wildman–Crippen MR) is 137 cm³/mol. The highest BCUT2D eigenvalue weighted by Crippen LogP contribution is 2.32. The highest BCUT2D eigenvalue weighted by Gasteiger charge is 2.30. The summed E-state index contributed by atoms with van der Waals surface area (Å²) < 4.78 is 39.2. The van der Waals surface area contributed by atoms with Crippen LogP contribution in [0.1, 0.15) is 21.5 Å². The first kappa shape index (κ1) is 25.1. The summed E-state index contributed by atoms with van der Waals surface area (Å²) in [5.41, 5.74) is 3.16. The van der Waals surface area contributed by atoms with Gasteiger partial charge < -0.3 is 25.8 Å². The van der Waals surface area contributed by atoms with Crippen molar-refractivity contribution < 1.29 is 18.0 Å². The lowest BCUT2D eigenvalue weighted by atomic mass is 10.1. The number of likely N-dealkylation sites (N-methyl/N-ethyl adjacent to an activating group) is 1. The SMILES string of the molecule is Cc1ccc(Nc2cccc(C(F)(F)F)c2)cc1NC(=O)c1cnc2[nH]ccc2c1NCCN(C)C. The molecule has 0 fully saturated rings. The van der Waals surface area contributed by atoms with Crippen LogP contribution in [-0.2, 0) is 6.18 Å². The molecule has 10 heteroatoms. The third-order valence-electron chi connectivity index (χ3n) is 5.66. The number of alkyl halides is 3. The Balaban J connectivity index is 1.58. The second kappa shape index (κ2) is 10.3. The van der Waals surface area contributed by atoms with Crippen molar-refractivity contribution in [3.05, 3.63) is 77.6 Å². The van der Waals surface area contributed by atoms with Crippen LogP contribution in [0.5, 0.6) is 0 Å². The van der Waals surface area contributed by atoms with E-state index in [-0.39, 0.29) is 5.91 Å². The van der Waals surface area contributed by atoms with Gasteiger partial charge in [-0.15, -0.1) is 0 Å². The molecule has 188 valence electrons. The number of aromatic amines is 1. The van der Waals surface area contributed by atoms with Crippen LogP contribution in [0.3, 0.4) is 0 Å². The van der Waals surface area contributed by atoms with Gasteiger partial charge in [0, 0.05) is 47.9 Å². The number of H-pyrrole nitrogens is 1. The zero-order valence-corrected chi connectivity index (χ0v) is 20.1. The first-order valence-corrected chi connectivity index (χ1v) is 11.3. The number of halogens is 3. The summed E-state index contributed by atoms with van der Waals surface area (Å²) in [5, 5.41) is 10.1. The molecule has 0 aliphatic carbocycles. The van der Waals surface area contributed by atoms with Gasteiger partial charge in [-0.25, -0.2) is 4.98 Å². The molecule has 0 saturated carbocycles. The minimum Gasteiger partial charge on any atom is -0.382 e. The van der Waals surface area contributed by atoms with E-state index in [1.807, 2.05) is 32.0 Å². The molecule has 0 aliphatic heterocycles. The summed E-state index contributed by atoms with van der Waals surface area (Å²) in [6, 6.07) is 12.0. The summed E-state index contributed by atoms with van der Waals surface area (Å²) in [6.45, 7) is 3.25. The summed E-state index contributed by atoms with van der Waals surface area (Å²) >= 11 is 0. The molecular formula is C26H27F3N6O. The molecule has 2 heterocycles. The number of hydrogen-bond donors (Lipinski definition) is 4. The molecular weight excluding hydrogens is 469 g/mol. The van der Waals surface area contributed by atoms with Gasteiger partial charge in [0.05, 0.1) is 16.8 Å². The number of fused-ring (bicyclic) bond motifs is 1. The van der Waals surface area contributed by atoms with Crippen LogP contribution >= 0.6 is 0 Å². The van der Waals surface area contributed by atoms with Crippen molar-refractivity contribution in [2.75, 3.05) is 43.1 Å². The zero-order chi connectivity index (χ0) is 25.9. The standard InChI is InChI=1S/C26H27F3N6O/c1-16-7-8-19(33-18-6-4-5-17(13-18)26(27,28)29)14-22(16)34-25(36)21-15-32-24-20(9-10-31-24)23(21)30-11-12-35(2)3/h4-10,13-15,33H,11-12H2,1-3H3,(H,34,36)(H2,30,31,32). The van der Waals surface area contributed by atoms with Crippen molar-refractivity contribution in [1.29, 1.82) is 0 Å². The van der Waals surface area contributed by atoms with E-state index in [1.54, 1.807) is 30.5 Å². The average Bonchev–Trinajstić information content (AvgIpc) is 3.30. The van der Waals surface area contributed by atoms with Gasteiger partial charge in [-0.1, -0.05) is 12.1 Å². The Bertz CT molecular complexity index is 1380. The lowest BCUT2D eigenvalue weighted by molar-refractivity contribution is -0.137. The zero-order valence-electron chi connectivity index (χ0n) is 20.1. The maximum Gasteiger partial charge on any atom is 0.416 e. The first-order chi connectivity index (χ1) is 17.1. The van der Waals surface area contributed by atoms with Gasteiger partial charge >= 0.3 is 6.18 Å². The number of rotatable bonds is 8. The maximum atomic E-state index is 13.3. The quantitative estimate of drug-likeness (QED) is 0.246. The summed E-state index contributed by atoms with van der Waals surface area (Å²) in [7, 11) is 3.94. The summed E-state index contributed by atoms with van der Waals surface area (Å²) in [4.78, 5) is 22.8. The first-order valence-electron chi connectivity index (χ1n) is 11.3. The van der Waals surface area contributed by atoms with Crippen LogP contribution in [0.15, 0.2) is 60.9 Å². The Hall–Kier alpha value is -4.05. The monoisotopic (exact) mass is 496 g/mol. The number of nitrogens with one attached hydrogen (secondary N) is 4. The van der Waals surface area contributed by atoms with Gasteiger partial charge in [0.15, 0.2) is 0 Å². The largest absolute Gasteiger partial charge is 0.416 e. The molecule has 36 heavy (non-hydrogen) atoms. The third-order valence-corrected chi connectivity index (χ3v) is 5.66. The highest BCUT2D eigenvalue weighted by molar-refractivity contribution is 6.12. The molecule has 4 rings (SSSR count). The number of aryl methyl sites for hydroxylation is 1. The van der Waals surface area contributed by atoms with Crippen molar-refractivity contribution in [1.82, 2.24) is 14.9 Å². The van der Waals surface area contributed by atoms with E-state index in [9.17, 15) is 18.0 Å². The normalized spacial score (nSPS) is 11.6. The van der Waals surface area contributed by atoms with Gasteiger partial charge in [-0.3, -0.25) is 4.79 Å². The minimum atomic E-state index is -4.43. The van der Waals surface area contributed by atoms with Crippen molar-refractivity contribution in [2.45, 2.75) is 13.1 Å².